The van der Waals surface area contributed by atoms with Gasteiger partial charge in [-0.1, -0.05) is 0 Å². The Bertz CT molecular complexity index is 393. The van der Waals surface area contributed by atoms with Crippen LogP contribution in [-0.2, 0) is 38.8 Å². The summed E-state index contributed by atoms with van der Waals surface area (Å²) in [5, 5.41) is 0. The topological polar surface area (TPSA) is 161 Å². The predicted octanol–water partition coefficient (Wildman–Crippen LogP) is -2.32. The minimum Gasteiger partial charge on any atom is -0.315 e. The fourth-order valence-corrected chi connectivity index (χ4v) is 0.778. The van der Waals surface area contributed by atoms with E-state index in [0.29, 0.717) is 0 Å². The zero-order valence-corrected chi connectivity index (χ0v) is 7.61. The largest absolute Gasteiger partial charge is 0.449 e. The van der Waals surface area contributed by atoms with Crippen molar-refractivity contribution >= 4 is 32.7 Å². The van der Waals surface area contributed by atoms with E-state index < -0.39 is 32.7 Å². The van der Waals surface area contributed by atoms with E-state index >= 15 is 0 Å². The van der Waals surface area contributed by atoms with Gasteiger partial charge in [0.2, 0.25) is 0 Å². The average molecular weight is 250 g/mol. The Balaban J connectivity index is 4.53. The third kappa shape index (κ3) is 6.30. The van der Waals surface area contributed by atoms with Crippen LogP contribution in [0.15, 0.2) is 0 Å². The first-order valence-electron chi connectivity index (χ1n) is 2.43. The summed E-state index contributed by atoms with van der Waals surface area (Å²) < 4.78 is 60.9. The van der Waals surface area contributed by atoms with Crippen molar-refractivity contribution in [2.45, 2.75) is 0 Å². The minimum atomic E-state index is -5.25. The molecule has 0 aliphatic carbocycles. The summed E-state index contributed by atoms with van der Waals surface area (Å²) in [7, 11) is -10.5. The van der Waals surface area contributed by atoms with Gasteiger partial charge in [0.1, 0.15) is 0 Å². The molecule has 0 saturated carbocycles. The third-order valence-corrected chi connectivity index (χ3v) is 1.25. The maximum absolute atomic E-state index is 10.2. The summed E-state index contributed by atoms with van der Waals surface area (Å²) >= 11 is 0. The van der Waals surface area contributed by atoms with Crippen molar-refractivity contribution in [1.82, 2.24) is 0 Å². The van der Waals surface area contributed by atoms with Crippen LogP contribution in [0.5, 0.6) is 0 Å². The molecule has 10 nitrogen and oxygen atoms in total. The number of carbonyl (C=O) groups excluding carboxylic acids is 2. The van der Waals surface area contributed by atoms with Crippen LogP contribution < -0.4 is 0 Å². The van der Waals surface area contributed by atoms with E-state index in [4.69, 9.17) is 9.11 Å². The molecule has 0 saturated heterocycles. The van der Waals surface area contributed by atoms with Gasteiger partial charge in [0.15, 0.2) is 0 Å². The van der Waals surface area contributed by atoms with Gasteiger partial charge >= 0.3 is 32.7 Å². The van der Waals surface area contributed by atoms with Crippen LogP contribution in [-0.4, -0.2) is 37.9 Å². The van der Waals surface area contributed by atoms with E-state index in [1.807, 2.05) is 0 Å². The smallest absolute Gasteiger partial charge is 0.315 e. The Morgan fingerprint density at radius 1 is 0.786 bits per heavy atom. The van der Waals surface area contributed by atoms with Crippen molar-refractivity contribution < 1.29 is 43.9 Å². The third-order valence-electron chi connectivity index (χ3n) is 0.529. The van der Waals surface area contributed by atoms with Gasteiger partial charge in [0, 0.05) is 0 Å². The van der Waals surface area contributed by atoms with Crippen LogP contribution in [0, 0.1) is 0 Å². The fourth-order valence-electron chi connectivity index (χ4n) is 0.259. The highest BCUT2D eigenvalue weighted by atomic mass is 32.3. The molecule has 2 N–H and O–H groups in total. The second-order valence-electron chi connectivity index (χ2n) is 1.60. The molecule has 0 aromatic carbocycles. The molecule has 0 rings (SSSR count). The maximum Gasteiger partial charge on any atom is 0.449 e. The summed E-state index contributed by atoms with van der Waals surface area (Å²) in [5.74, 6) is -4.66. The lowest BCUT2D eigenvalue weighted by molar-refractivity contribution is -0.156. The molecule has 0 fully saturated rings. The number of carbonyl (C=O) groups is 2. The molecule has 0 aromatic heterocycles. The van der Waals surface area contributed by atoms with E-state index in [9.17, 15) is 26.4 Å². The van der Waals surface area contributed by atoms with Gasteiger partial charge in [-0.3, -0.25) is 9.11 Å². The molecule has 0 aliphatic rings. The molecule has 0 amide bonds. The maximum atomic E-state index is 10.2. The number of hydrogen-bond donors (Lipinski definition) is 2. The fraction of sp³-hybridized carbons (Fsp3) is 0. The van der Waals surface area contributed by atoms with Crippen molar-refractivity contribution in [2.24, 2.45) is 0 Å². The molecule has 12 heteroatoms. The van der Waals surface area contributed by atoms with Crippen molar-refractivity contribution in [2.75, 3.05) is 0 Å². The lowest BCUT2D eigenvalue weighted by Crippen LogP contribution is -2.25. The van der Waals surface area contributed by atoms with Gasteiger partial charge < -0.3 is 8.37 Å². The first kappa shape index (κ1) is 12.8. The zero-order chi connectivity index (χ0) is 11.6. The molecule has 14 heavy (non-hydrogen) atoms. The molecule has 0 spiro atoms. The molecule has 0 heterocycles. The molecule has 0 bridgehead atoms. The SMILES string of the molecule is O=C(OS(=O)(=O)O)C(=O)OS(=O)(=O)O. The summed E-state index contributed by atoms with van der Waals surface area (Å²) in [4.78, 5) is 20.4. The Hall–Kier alpha value is -1.24. The summed E-state index contributed by atoms with van der Waals surface area (Å²) in [6.45, 7) is 0. The van der Waals surface area contributed by atoms with E-state index in [-0.39, 0.29) is 0 Å². The van der Waals surface area contributed by atoms with Crippen LogP contribution >= 0.6 is 0 Å². The molecular weight excluding hydrogens is 248 g/mol. The normalized spacial score (nSPS) is 11.9. The lowest BCUT2D eigenvalue weighted by atomic mass is 10.7. The Morgan fingerprint density at radius 2 is 1.00 bits per heavy atom. The van der Waals surface area contributed by atoms with Crippen LogP contribution in [0.2, 0.25) is 0 Å². The van der Waals surface area contributed by atoms with Crippen molar-refractivity contribution in [3.63, 3.8) is 0 Å². The highest BCUT2D eigenvalue weighted by Crippen LogP contribution is 1.94. The predicted molar refractivity (Wildman–Crippen MR) is 35.3 cm³/mol. The van der Waals surface area contributed by atoms with E-state index in [1.165, 1.54) is 0 Å². The Kier molecular flexibility index (Phi) is 3.53. The first-order valence-corrected chi connectivity index (χ1v) is 5.16. The second-order valence-corrected chi connectivity index (χ2v) is 3.64. The van der Waals surface area contributed by atoms with E-state index in [1.54, 1.807) is 0 Å². The molecule has 0 unspecified atom stereocenters. The second kappa shape index (κ2) is 3.87. The Morgan fingerprint density at radius 3 is 1.14 bits per heavy atom. The van der Waals surface area contributed by atoms with Crippen molar-refractivity contribution in [1.29, 1.82) is 0 Å². The van der Waals surface area contributed by atoms with Crippen LogP contribution in [0.4, 0.5) is 0 Å². The minimum absolute atomic E-state index is 2.33. The molecular formula is C2H2O10S2. The first-order chi connectivity index (χ1) is 6.01. The van der Waals surface area contributed by atoms with Crippen LogP contribution in [0.25, 0.3) is 0 Å². The average Bonchev–Trinajstić information content (AvgIpc) is 1.78. The van der Waals surface area contributed by atoms with Gasteiger partial charge in [0.05, 0.1) is 0 Å². The van der Waals surface area contributed by atoms with Gasteiger partial charge in [0.25, 0.3) is 0 Å². The summed E-state index contributed by atoms with van der Waals surface area (Å²) in [6, 6.07) is 0. The van der Waals surface area contributed by atoms with Gasteiger partial charge in [-0.15, -0.1) is 0 Å². The van der Waals surface area contributed by atoms with E-state index in [0.717, 1.165) is 0 Å². The van der Waals surface area contributed by atoms with Crippen molar-refractivity contribution in [3.05, 3.63) is 0 Å². The number of rotatable bonds is 2. The quantitative estimate of drug-likeness (QED) is 0.401. The lowest BCUT2D eigenvalue weighted by Gasteiger charge is -1.98. The zero-order valence-electron chi connectivity index (χ0n) is 5.98. The van der Waals surface area contributed by atoms with Crippen LogP contribution in [0.3, 0.4) is 0 Å². The highest BCUT2D eigenvalue weighted by molar-refractivity contribution is 7.82. The molecule has 0 radical (unpaired) electrons. The number of hydrogen-bond acceptors (Lipinski definition) is 8. The summed E-state index contributed by atoms with van der Waals surface area (Å²) in [6.07, 6.45) is 0. The van der Waals surface area contributed by atoms with Crippen LogP contribution in [0.1, 0.15) is 0 Å². The molecule has 0 aliphatic heterocycles. The molecule has 0 aromatic rings. The van der Waals surface area contributed by atoms with Gasteiger partial charge in [-0.25, -0.2) is 9.59 Å². The molecule has 82 valence electrons. The molecule has 0 atom stereocenters. The Labute approximate surface area is 77.3 Å². The highest BCUT2D eigenvalue weighted by Gasteiger charge is 2.27. The van der Waals surface area contributed by atoms with Crippen molar-refractivity contribution in [3.8, 4) is 0 Å². The monoisotopic (exact) mass is 250 g/mol. The van der Waals surface area contributed by atoms with Gasteiger partial charge in [-0.05, 0) is 0 Å². The standard InChI is InChI=1S/C2H2O10S2/c3-1(11-13(5,6)7)2(4)12-14(8,9)10/h(H,5,6,7)(H,8,9,10). The van der Waals surface area contributed by atoms with E-state index in [2.05, 4.69) is 8.37 Å². The summed E-state index contributed by atoms with van der Waals surface area (Å²) in [5.41, 5.74) is 0. The van der Waals surface area contributed by atoms with Gasteiger partial charge in [-0.2, -0.15) is 16.8 Å².